The lowest BCUT2D eigenvalue weighted by Gasteiger charge is -2.16. The molecule has 0 heterocycles. The van der Waals surface area contributed by atoms with Gasteiger partial charge in [-0.2, -0.15) is 0 Å². The highest BCUT2D eigenvalue weighted by Crippen LogP contribution is 2.28. The molecule has 2 unspecified atom stereocenters. The van der Waals surface area contributed by atoms with Crippen molar-refractivity contribution in [2.75, 3.05) is 6.61 Å². The standard InChI is InChI=1S/C10H19NO2/c1-3-7(2)9(11)10(12)13-6-8-4-5-8/h7-9H,3-6,11H2,1-2H3. The predicted molar refractivity (Wildman–Crippen MR) is 51.1 cm³/mol. The molecule has 0 aliphatic heterocycles. The van der Waals surface area contributed by atoms with E-state index < -0.39 is 6.04 Å². The molecule has 2 atom stereocenters. The summed E-state index contributed by atoms with van der Waals surface area (Å²) in [6.07, 6.45) is 3.32. The van der Waals surface area contributed by atoms with Gasteiger partial charge in [-0.25, -0.2) is 0 Å². The van der Waals surface area contributed by atoms with Gasteiger partial charge in [0.25, 0.3) is 0 Å². The summed E-state index contributed by atoms with van der Waals surface area (Å²) in [5, 5.41) is 0. The fourth-order valence-electron chi connectivity index (χ4n) is 1.07. The quantitative estimate of drug-likeness (QED) is 0.657. The van der Waals surface area contributed by atoms with Gasteiger partial charge >= 0.3 is 5.97 Å². The van der Waals surface area contributed by atoms with Gasteiger partial charge in [0, 0.05) is 0 Å². The normalized spacial score (nSPS) is 20.8. The molecule has 0 aromatic rings. The van der Waals surface area contributed by atoms with Crippen molar-refractivity contribution in [3.8, 4) is 0 Å². The van der Waals surface area contributed by atoms with Gasteiger partial charge in [-0.1, -0.05) is 20.3 Å². The Hall–Kier alpha value is -0.570. The molecule has 3 nitrogen and oxygen atoms in total. The van der Waals surface area contributed by atoms with Gasteiger partial charge in [-0.3, -0.25) is 4.79 Å². The van der Waals surface area contributed by atoms with Crippen LogP contribution in [-0.2, 0) is 9.53 Å². The van der Waals surface area contributed by atoms with E-state index in [1.54, 1.807) is 0 Å². The number of ether oxygens (including phenoxy) is 1. The smallest absolute Gasteiger partial charge is 0.323 e. The summed E-state index contributed by atoms with van der Waals surface area (Å²) in [6, 6.07) is -0.441. The van der Waals surface area contributed by atoms with E-state index in [0.717, 1.165) is 6.42 Å². The van der Waals surface area contributed by atoms with E-state index in [0.29, 0.717) is 12.5 Å². The molecule has 0 amide bonds. The minimum atomic E-state index is -0.441. The SMILES string of the molecule is CCC(C)C(N)C(=O)OCC1CC1. The van der Waals surface area contributed by atoms with Crippen molar-refractivity contribution < 1.29 is 9.53 Å². The van der Waals surface area contributed by atoms with Crippen LogP contribution in [0.2, 0.25) is 0 Å². The third kappa shape index (κ3) is 3.35. The number of rotatable bonds is 5. The Kier molecular flexibility index (Phi) is 3.72. The van der Waals surface area contributed by atoms with Crippen LogP contribution in [0.25, 0.3) is 0 Å². The second kappa shape index (κ2) is 4.61. The average Bonchev–Trinajstić information content (AvgIpc) is 2.95. The van der Waals surface area contributed by atoms with Gasteiger partial charge < -0.3 is 10.5 Å². The van der Waals surface area contributed by atoms with Crippen molar-refractivity contribution in [2.24, 2.45) is 17.6 Å². The Balaban J connectivity index is 2.19. The van der Waals surface area contributed by atoms with E-state index in [9.17, 15) is 4.79 Å². The maximum atomic E-state index is 11.3. The zero-order valence-electron chi connectivity index (χ0n) is 8.45. The second-order valence-electron chi connectivity index (χ2n) is 3.98. The molecule has 13 heavy (non-hydrogen) atoms. The van der Waals surface area contributed by atoms with Crippen LogP contribution in [0, 0.1) is 11.8 Å². The summed E-state index contributed by atoms with van der Waals surface area (Å²) in [4.78, 5) is 11.3. The molecular weight excluding hydrogens is 166 g/mol. The van der Waals surface area contributed by atoms with Crippen molar-refractivity contribution in [3.05, 3.63) is 0 Å². The highest BCUT2D eigenvalue weighted by molar-refractivity contribution is 5.75. The summed E-state index contributed by atoms with van der Waals surface area (Å²) >= 11 is 0. The van der Waals surface area contributed by atoms with Crippen molar-refractivity contribution in [1.29, 1.82) is 0 Å². The van der Waals surface area contributed by atoms with Crippen LogP contribution in [0.5, 0.6) is 0 Å². The molecule has 1 rings (SSSR count). The Morgan fingerprint density at radius 3 is 2.69 bits per heavy atom. The molecule has 0 saturated heterocycles. The second-order valence-corrected chi connectivity index (χ2v) is 3.98. The Morgan fingerprint density at radius 1 is 1.62 bits per heavy atom. The van der Waals surface area contributed by atoms with Gasteiger partial charge in [0.2, 0.25) is 0 Å². The van der Waals surface area contributed by atoms with E-state index in [4.69, 9.17) is 10.5 Å². The fourth-order valence-corrected chi connectivity index (χ4v) is 1.07. The highest BCUT2D eigenvalue weighted by Gasteiger charge is 2.26. The average molecular weight is 185 g/mol. The fraction of sp³-hybridized carbons (Fsp3) is 0.900. The largest absolute Gasteiger partial charge is 0.464 e. The number of esters is 1. The monoisotopic (exact) mass is 185 g/mol. The zero-order valence-corrected chi connectivity index (χ0v) is 8.45. The van der Waals surface area contributed by atoms with E-state index in [2.05, 4.69) is 0 Å². The van der Waals surface area contributed by atoms with Crippen LogP contribution >= 0.6 is 0 Å². The van der Waals surface area contributed by atoms with Crippen LogP contribution in [0.4, 0.5) is 0 Å². The first kappa shape index (κ1) is 10.5. The topological polar surface area (TPSA) is 52.3 Å². The first-order valence-electron chi connectivity index (χ1n) is 5.07. The molecule has 1 aliphatic rings. The van der Waals surface area contributed by atoms with Crippen LogP contribution in [0.3, 0.4) is 0 Å². The Bertz CT molecular complexity index is 178. The Morgan fingerprint density at radius 2 is 2.23 bits per heavy atom. The van der Waals surface area contributed by atoms with E-state index in [1.165, 1.54) is 12.8 Å². The van der Waals surface area contributed by atoms with Gasteiger partial charge in [-0.05, 0) is 24.7 Å². The lowest BCUT2D eigenvalue weighted by molar-refractivity contribution is -0.147. The van der Waals surface area contributed by atoms with Crippen molar-refractivity contribution in [2.45, 2.75) is 39.2 Å². The number of carbonyl (C=O) groups is 1. The zero-order chi connectivity index (χ0) is 9.84. The van der Waals surface area contributed by atoms with Crippen molar-refractivity contribution in [1.82, 2.24) is 0 Å². The van der Waals surface area contributed by atoms with Crippen LogP contribution in [0.1, 0.15) is 33.1 Å². The third-order valence-corrected chi connectivity index (χ3v) is 2.69. The van der Waals surface area contributed by atoms with Gasteiger partial charge in [0.05, 0.1) is 6.61 Å². The molecule has 0 spiro atoms. The molecular formula is C10H19NO2. The summed E-state index contributed by atoms with van der Waals surface area (Å²) in [5.74, 6) is 0.598. The van der Waals surface area contributed by atoms with Crippen LogP contribution in [-0.4, -0.2) is 18.6 Å². The molecule has 1 aliphatic carbocycles. The maximum Gasteiger partial charge on any atom is 0.323 e. The van der Waals surface area contributed by atoms with E-state index in [-0.39, 0.29) is 11.9 Å². The summed E-state index contributed by atoms with van der Waals surface area (Å²) in [6.45, 7) is 4.57. The molecule has 0 aromatic heterocycles. The third-order valence-electron chi connectivity index (χ3n) is 2.69. The summed E-state index contributed by atoms with van der Waals surface area (Å²) in [7, 11) is 0. The maximum absolute atomic E-state index is 11.3. The minimum absolute atomic E-state index is 0.215. The first-order valence-corrected chi connectivity index (χ1v) is 5.07. The lowest BCUT2D eigenvalue weighted by atomic mass is 10.0. The lowest BCUT2D eigenvalue weighted by Crippen LogP contribution is -2.38. The van der Waals surface area contributed by atoms with Gasteiger partial charge in [0.1, 0.15) is 6.04 Å². The van der Waals surface area contributed by atoms with E-state index >= 15 is 0 Å². The van der Waals surface area contributed by atoms with Crippen molar-refractivity contribution >= 4 is 5.97 Å². The molecule has 1 fully saturated rings. The molecule has 1 saturated carbocycles. The molecule has 2 N–H and O–H groups in total. The first-order chi connectivity index (χ1) is 6.15. The number of hydrogen-bond acceptors (Lipinski definition) is 3. The predicted octanol–water partition coefficient (Wildman–Crippen LogP) is 1.31. The molecule has 0 aromatic carbocycles. The number of nitrogens with two attached hydrogens (primary N) is 1. The summed E-state index contributed by atoms with van der Waals surface area (Å²) < 4.78 is 5.09. The minimum Gasteiger partial charge on any atom is -0.464 e. The number of carbonyl (C=O) groups excluding carboxylic acids is 1. The molecule has 3 heteroatoms. The molecule has 76 valence electrons. The van der Waals surface area contributed by atoms with E-state index in [1.807, 2.05) is 13.8 Å². The van der Waals surface area contributed by atoms with Gasteiger partial charge in [0.15, 0.2) is 0 Å². The Labute approximate surface area is 79.6 Å². The van der Waals surface area contributed by atoms with Crippen LogP contribution < -0.4 is 5.73 Å². The van der Waals surface area contributed by atoms with Gasteiger partial charge in [-0.15, -0.1) is 0 Å². The number of hydrogen-bond donors (Lipinski definition) is 1. The highest BCUT2D eigenvalue weighted by atomic mass is 16.5. The van der Waals surface area contributed by atoms with Crippen molar-refractivity contribution in [3.63, 3.8) is 0 Å². The molecule has 0 bridgehead atoms. The summed E-state index contributed by atoms with van der Waals surface area (Å²) in [5.41, 5.74) is 5.70. The van der Waals surface area contributed by atoms with Crippen LogP contribution in [0.15, 0.2) is 0 Å². The molecule has 0 radical (unpaired) electrons.